The average Bonchev–Trinajstić information content (AvgIpc) is 2.14. The molecular weight excluding hydrogens is 257 g/mol. The van der Waals surface area contributed by atoms with Gasteiger partial charge in [0.2, 0.25) is 0 Å². The highest BCUT2D eigenvalue weighted by Gasteiger charge is 2.38. The van der Waals surface area contributed by atoms with Gasteiger partial charge in [-0.25, -0.2) is 13.8 Å². The van der Waals surface area contributed by atoms with Gasteiger partial charge in [-0.05, 0) is 6.07 Å². The zero-order chi connectivity index (χ0) is 12.5. The molecule has 0 N–H and O–H groups in total. The number of aldehydes is 1. The lowest BCUT2D eigenvalue weighted by molar-refractivity contribution is -0.139. The highest BCUT2D eigenvalue weighted by atomic mass is 35.5. The first kappa shape index (κ1) is 12.8. The first-order chi connectivity index (χ1) is 7.27. The Kier molecular flexibility index (Phi) is 3.47. The maximum atomic E-state index is 12.4. The minimum atomic E-state index is -5.02. The molecule has 0 bridgehead atoms. The predicted octanol–water partition coefficient (Wildman–Crippen LogP) is 3.50. The molecule has 0 fully saturated rings. The van der Waals surface area contributed by atoms with Gasteiger partial charge in [-0.2, -0.15) is 13.2 Å². The van der Waals surface area contributed by atoms with E-state index in [1.54, 1.807) is 0 Å². The van der Waals surface area contributed by atoms with Crippen LogP contribution in [0.2, 0.25) is 5.15 Å². The van der Waals surface area contributed by atoms with E-state index in [1.165, 1.54) is 0 Å². The molecule has 0 amide bonds. The van der Waals surface area contributed by atoms with E-state index in [2.05, 4.69) is 4.98 Å². The van der Waals surface area contributed by atoms with Crippen LogP contribution in [0.15, 0.2) is 6.07 Å². The summed E-state index contributed by atoms with van der Waals surface area (Å²) in [5.74, 6) is 0. The van der Waals surface area contributed by atoms with Gasteiger partial charge < -0.3 is 0 Å². The Bertz CT molecular complexity index is 418. The number of rotatable bonds is 2. The standard InChI is InChI=1S/C8H3ClF5NO/c9-5-1-3(8(12,13)14)6(7(10)11)4(2-16)15-5/h1-2,7H. The van der Waals surface area contributed by atoms with Crippen molar-refractivity contribution in [3.63, 3.8) is 0 Å². The summed E-state index contributed by atoms with van der Waals surface area (Å²) in [7, 11) is 0. The number of nitrogens with zero attached hydrogens (tertiary/aromatic N) is 1. The monoisotopic (exact) mass is 259 g/mol. The van der Waals surface area contributed by atoms with Crippen LogP contribution >= 0.6 is 11.6 Å². The van der Waals surface area contributed by atoms with Crippen LogP contribution in [0, 0.1) is 0 Å². The van der Waals surface area contributed by atoms with Gasteiger partial charge in [-0.15, -0.1) is 0 Å². The van der Waals surface area contributed by atoms with Crippen molar-refractivity contribution in [2.75, 3.05) is 0 Å². The summed E-state index contributed by atoms with van der Waals surface area (Å²) < 4.78 is 61.9. The van der Waals surface area contributed by atoms with Crippen molar-refractivity contribution in [2.24, 2.45) is 0 Å². The Balaban J connectivity index is 3.57. The van der Waals surface area contributed by atoms with Crippen molar-refractivity contribution in [3.8, 4) is 0 Å². The number of carbonyl (C=O) groups is 1. The van der Waals surface area contributed by atoms with Crippen molar-refractivity contribution >= 4 is 17.9 Å². The van der Waals surface area contributed by atoms with Gasteiger partial charge in [-0.1, -0.05) is 11.6 Å². The molecule has 0 saturated carbocycles. The minimum Gasteiger partial charge on any atom is -0.296 e. The quantitative estimate of drug-likeness (QED) is 0.462. The van der Waals surface area contributed by atoms with Crippen LogP contribution in [0.3, 0.4) is 0 Å². The highest BCUT2D eigenvalue weighted by Crippen LogP contribution is 2.38. The molecule has 0 radical (unpaired) electrons. The minimum absolute atomic E-state index is 0.192. The van der Waals surface area contributed by atoms with Gasteiger partial charge in [0.15, 0.2) is 6.29 Å². The number of alkyl halides is 5. The maximum Gasteiger partial charge on any atom is 0.417 e. The molecule has 0 aliphatic heterocycles. The zero-order valence-electron chi connectivity index (χ0n) is 7.36. The third-order valence-electron chi connectivity index (χ3n) is 1.69. The molecule has 0 aliphatic rings. The Morgan fingerprint density at radius 3 is 2.31 bits per heavy atom. The van der Waals surface area contributed by atoms with Crippen LogP contribution in [-0.4, -0.2) is 11.3 Å². The highest BCUT2D eigenvalue weighted by molar-refractivity contribution is 6.29. The van der Waals surface area contributed by atoms with Crippen LogP contribution in [0.25, 0.3) is 0 Å². The molecule has 0 spiro atoms. The summed E-state index contributed by atoms with van der Waals surface area (Å²) >= 11 is 5.20. The number of hydrogen-bond acceptors (Lipinski definition) is 2. The molecule has 1 heterocycles. The van der Waals surface area contributed by atoms with Crippen LogP contribution in [0.1, 0.15) is 28.0 Å². The molecule has 8 heteroatoms. The van der Waals surface area contributed by atoms with Gasteiger partial charge in [0.25, 0.3) is 6.43 Å². The van der Waals surface area contributed by atoms with Crippen LogP contribution in [0.5, 0.6) is 0 Å². The summed E-state index contributed by atoms with van der Waals surface area (Å²) in [5, 5.41) is -0.668. The van der Waals surface area contributed by atoms with Gasteiger partial charge >= 0.3 is 6.18 Å². The molecule has 1 aromatic heterocycles. The third kappa shape index (κ3) is 2.46. The topological polar surface area (TPSA) is 30.0 Å². The SMILES string of the molecule is O=Cc1nc(Cl)cc(C(F)(F)F)c1C(F)F. The molecular formula is C8H3ClF5NO. The summed E-state index contributed by atoms with van der Waals surface area (Å²) in [6.07, 6.45) is -8.67. The molecule has 2 nitrogen and oxygen atoms in total. The van der Waals surface area contributed by atoms with E-state index in [0.29, 0.717) is 0 Å². The molecule has 0 unspecified atom stereocenters. The second-order valence-corrected chi connectivity index (χ2v) is 3.10. The lowest BCUT2D eigenvalue weighted by Gasteiger charge is -2.13. The van der Waals surface area contributed by atoms with Gasteiger partial charge in [-0.3, -0.25) is 4.79 Å². The molecule has 0 saturated heterocycles. The fourth-order valence-corrected chi connectivity index (χ4v) is 1.30. The molecule has 1 rings (SSSR count). The Labute approximate surface area is 91.0 Å². The summed E-state index contributed by atoms with van der Waals surface area (Å²) in [6.45, 7) is 0. The maximum absolute atomic E-state index is 12.4. The first-order valence-electron chi connectivity index (χ1n) is 3.78. The van der Waals surface area contributed by atoms with Crippen LogP contribution < -0.4 is 0 Å². The fourth-order valence-electron chi connectivity index (χ4n) is 1.10. The van der Waals surface area contributed by atoms with Crippen LogP contribution in [0.4, 0.5) is 22.0 Å². The van der Waals surface area contributed by atoms with Gasteiger partial charge in [0, 0.05) is 0 Å². The fraction of sp³-hybridized carbons (Fsp3) is 0.250. The van der Waals surface area contributed by atoms with E-state index in [1.807, 2.05) is 0 Å². The summed E-state index contributed by atoms with van der Waals surface area (Å²) in [4.78, 5) is 13.4. The summed E-state index contributed by atoms with van der Waals surface area (Å²) in [5.41, 5.74) is -4.11. The largest absolute Gasteiger partial charge is 0.417 e. The molecule has 0 atom stereocenters. The van der Waals surface area contributed by atoms with Gasteiger partial charge in [0.05, 0.1) is 11.1 Å². The van der Waals surface area contributed by atoms with E-state index in [4.69, 9.17) is 11.6 Å². The predicted molar refractivity (Wildman–Crippen MR) is 44.6 cm³/mol. The normalized spacial score (nSPS) is 11.9. The lowest BCUT2D eigenvalue weighted by Crippen LogP contribution is -2.13. The smallest absolute Gasteiger partial charge is 0.296 e. The Morgan fingerprint density at radius 1 is 1.38 bits per heavy atom. The lowest BCUT2D eigenvalue weighted by atomic mass is 10.1. The Morgan fingerprint density at radius 2 is 1.94 bits per heavy atom. The van der Waals surface area contributed by atoms with Crippen molar-refractivity contribution in [3.05, 3.63) is 28.0 Å². The van der Waals surface area contributed by atoms with Crippen molar-refractivity contribution in [1.82, 2.24) is 4.98 Å². The second kappa shape index (κ2) is 4.32. The summed E-state index contributed by atoms with van der Waals surface area (Å²) in [6, 6.07) is 0.260. The third-order valence-corrected chi connectivity index (χ3v) is 1.89. The zero-order valence-corrected chi connectivity index (χ0v) is 8.11. The number of halogens is 6. The van der Waals surface area contributed by atoms with E-state index < -0.39 is 34.6 Å². The number of hydrogen-bond donors (Lipinski definition) is 0. The van der Waals surface area contributed by atoms with Crippen molar-refractivity contribution in [2.45, 2.75) is 12.6 Å². The molecule has 0 aromatic carbocycles. The Hall–Kier alpha value is -1.24. The van der Waals surface area contributed by atoms with Crippen LogP contribution in [-0.2, 0) is 6.18 Å². The number of pyridine rings is 1. The number of carbonyl (C=O) groups excluding carboxylic acids is 1. The van der Waals surface area contributed by atoms with Crippen molar-refractivity contribution < 1.29 is 26.7 Å². The van der Waals surface area contributed by atoms with E-state index in [9.17, 15) is 26.7 Å². The molecule has 16 heavy (non-hydrogen) atoms. The number of aromatic nitrogens is 1. The first-order valence-corrected chi connectivity index (χ1v) is 4.16. The second-order valence-electron chi connectivity index (χ2n) is 2.71. The molecule has 1 aromatic rings. The van der Waals surface area contributed by atoms with E-state index in [0.717, 1.165) is 0 Å². The van der Waals surface area contributed by atoms with E-state index >= 15 is 0 Å². The van der Waals surface area contributed by atoms with E-state index in [-0.39, 0.29) is 12.4 Å². The van der Waals surface area contributed by atoms with Gasteiger partial charge in [0.1, 0.15) is 10.8 Å². The average molecular weight is 260 g/mol. The molecule has 0 aliphatic carbocycles. The molecule has 88 valence electrons. The van der Waals surface area contributed by atoms with Crippen molar-refractivity contribution in [1.29, 1.82) is 0 Å².